The number of nitrogens with two attached hydrogens (primary N) is 1. The summed E-state index contributed by atoms with van der Waals surface area (Å²) in [4.78, 5) is 14.2. The number of fused-ring (bicyclic) bond motifs is 1. The summed E-state index contributed by atoms with van der Waals surface area (Å²) >= 11 is 7.57. The van der Waals surface area contributed by atoms with Crippen LogP contribution < -0.4 is 11.1 Å². The molecule has 8 nitrogen and oxygen atoms in total. The number of anilines is 2. The van der Waals surface area contributed by atoms with E-state index in [1.165, 1.54) is 11.8 Å². The van der Waals surface area contributed by atoms with Crippen LogP contribution in [-0.2, 0) is 0 Å². The highest BCUT2D eigenvalue weighted by atomic mass is 35.5. The second kappa shape index (κ2) is 7.22. The van der Waals surface area contributed by atoms with E-state index in [9.17, 15) is 5.11 Å². The van der Waals surface area contributed by atoms with Crippen LogP contribution in [0.25, 0.3) is 5.65 Å². The predicted octanol–water partition coefficient (Wildman–Crippen LogP) is 1.28. The quantitative estimate of drug-likeness (QED) is 0.514. The lowest BCUT2D eigenvalue weighted by Gasteiger charge is -2.12. The van der Waals surface area contributed by atoms with Gasteiger partial charge in [-0.25, -0.2) is 15.0 Å². The first-order chi connectivity index (χ1) is 11.6. The van der Waals surface area contributed by atoms with Crippen LogP contribution in [0.3, 0.4) is 0 Å². The van der Waals surface area contributed by atoms with Crippen molar-refractivity contribution in [2.45, 2.75) is 15.9 Å². The number of imidazole rings is 1. The lowest BCUT2D eigenvalue weighted by Crippen LogP contribution is -2.24. The number of halogens is 1. The minimum Gasteiger partial charge on any atom is -0.394 e. The van der Waals surface area contributed by atoms with Crippen molar-refractivity contribution >= 4 is 40.8 Å². The fraction of sp³-hybridized carbons (Fsp3) is 0.214. The van der Waals surface area contributed by atoms with E-state index < -0.39 is 6.10 Å². The average Bonchev–Trinajstić information content (AvgIpc) is 3.08. The van der Waals surface area contributed by atoms with Crippen LogP contribution in [0.1, 0.15) is 0 Å². The molecule has 3 rings (SSSR count). The Labute approximate surface area is 146 Å². The topological polar surface area (TPSA) is 122 Å². The van der Waals surface area contributed by atoms with Crippen LogP contribution >= 0.6 is 23.4 Å². The van der Waals surface area contributed by atoms with Gasteiger partial charge in [-0.2, -0.15) is 0 Å². The molecular formula is C14H15ClN6O2S. The third-order valence-electron chi connectivity index (χ3n) is 3.20. The Bertz CT molecular complexity index is 858. The standard InChI is InChI=1S/C14H15ClN6O2S/c15-11-9(1-2-17-12(11)16)24-10-6-20-14(19-5-8(23)7-22)21-4-3-18-13(10)21/h1-4,6,8,22-23H,5,7H2,(H2,16,17)(H,19,20). The van der Waals surface area contributed by atoms with Gasteiger partial charge in [0.1, 0.15) is 5.82 Å². The summed E-state index contributed by atoms with van der Waals surface area (Å²) in [5.74, 6) is 0.782. The molecule has 0 amide bonds. The van der Waals surface area contributed by atoms with Crippen LogP contribution in [0, 0.1) is 0 Å². The summed E-state index contributed by atoms with van der Waals surface area (Å²) in [7, 11) is 0. The van der Waals surface area contributed by atoms with Gasteiger partial charge in [0, 0.05) is 36.2 Å². The third-order valence-corrected chi connectivity index (χ3v) is 4.78. The molecule has 24 heavy (non-hydrogen) atoms. The highest BCUT2D eigenvalue weighted by Crippen LogP contribution is 2.36. The van der Waals surface area contributed by atoms with Gasteiger partial charge in [0.15, 0.2) is 5.65 Å². The summed E-state index contributed by atoms with van der Waals surface area (Å²) < 4.78 is 1.75. The van der Waals surface area contributed by atoms with E-state index in [0.717, 1.165) is 9.79 Å². The summed E-state index contributed by atoms with van der Waals surface area (Å²) in [5.41, 5.74) is 6.41. The van der Waals surface area contributed by atoms with Crippen LogP contribution in [0.5, 0.6) is 0 Å². The van der Waals surface area contributed by atoms with Gasteiger partial charge in [0.05, 0.1) is 22.6 Å². The summed E-state index contributed by atoms with van der Waals surface area (Å²) in [5, 5.41) is 21.7. The molecule has 3 heterocycles. The van der Waals surface area contributed by atoms with E-state index in [4.69, 9.17) is 22.4 Å². The molecule has 0 fully saturated rings. The van der Waals surface area contributed by atoms with E-state index >= 15 is 0 Å². The molecule has 0 aliphatic carbocycles. The van der Waals surface area contributed by atoms with Crippen LogP contribution in [0.15, 0.2) is 40.6 Å². The van der Waals surface area contributed by atoms with E-state index in [1.54, 1.807) is 35.3 Å². The van der Waals surface area contributed by atoms with Crippen molar-refractivity contribution in [1.29, 1.82) is 0 Å². The number of hydrogen-bond donors (Lipinski definition) is 4. The molecule has 0 spiro atoms. The molecule has 126 valence electrons. The van der Waals surface area contributed by atoms with Gasteiger partial charge < -0.3 is 21.3 Å². The van der Waals surface area contributed by atoms with Crippen LogP contribution in [0.4, 0.5) is 11.8 Å². The normalized spacial score (nSPS) is 12.5. The van der Waals surface area contributed by atoms with Crippen molar-refractivity contribution in [3.05, 3.63) is 35.9 Å². The molecule has 0 aliphatic rings. The van der Waals surface area contributed by atoms with Gasteiger partial charge in [0.25, 0.3) is 0 Å². The number of nitrogen functional groups attached to an aromatic ring is 1. The molecule has 0 saturated carbocycles. The SMILES string of the molecule is Nc1nccc(Sc2cnc(NCC(O)CO)n3ccnc23)c1Cl. The molecule has 3 aromatic rings. The lowest BCUT2D eigenvalue weighted by molar-refractivity contribution is 0.105. The third kappa shape index (κ3) is 3.39. The van der Waals surface area contributed by atoms with Crippen LogP contribution in [0.2, 0.25) is 5.02 Å². The summed E-state index contributed by atoms with van der Waals surface area (Å²) in [6, 6.07) is 1.77. The van der Waals surface area contributed by atoms with Crippen molar-refractivity contribution in [2.75, 3.05) is 24.2 Å². The Balaban J connectivity index is 1.90. The van der Waals surface area contributed by atoms with Gasteiger partial charge in [-0.3, -0.25) is 4.40 Å². The number of aliphatic hydroxyl groups excluding tert-OH is 2. The first-order valence-corrected chi connectivity index (χ1v) is 8.22. The number of rotatable bonds is 6. The molecule has 0 bridgehead atoms. The molecule has 5 N–H and O–H groups in total. The molecule has 10 heteroatoms. The number of aliphatic hydroxyl groups is 2. The Kier molecular flexibility index (Phi) is 5.05. The van der Waals surface area contributed by atoms with E-state index in [1.807, 2.05) is 0 Å². The van der Waals surface area contributed by atoms with E-state index in [2.05, 4.69) is 20.3 Å². The Morgan fingerprint density at radius 1 is 1.29 bits per heavy atom. The Hall–Kier alpha value is -2.07. The van der Waals surface area contributed by atoms with Gasteiger partial charge in [-0.15, -0.1) is 0 Å². The monoisotopic (exact) mass is 366 g/mol. The largest absolute Gasteiger partial charge is 0.394 e. The lowest BCUT2D eigenvalue weighted by atomic mass is 10.4. The van der Waals surface area contributed by atoms with Crippen LogP contribution in [-0.4, -0.2) is 48.8 Å². The Morgan fingerprint density at radius 3 is 2.92 bits per heavy atom. The number of nitrogens with zero attached hydrogens (tertiary/aromatic N) is 4. The molecule has 1 atom stereocenters. The van der Waals surface area contributed by atoms with Gasteiger partial charge >= 0.3 is 0 Å². The maximum atomic E-state index is 9.45. The van der Waals surface area contributed by atoms with E-state index in [-0.39, 0.29) is 19.0 Å². The van der Waals surface area contributed by atoms with Gasteiger partial charge in [-0.1, -0.05) is 23.4 Å². The zero-order valence-corrected chi connectivity index (χ0v) is 14.0. The van der Waals surface area contributed by atoms with Crippen molar-refractivity contribution < 1.29 is 10.2 Å². The highest BCUT2D eigenvalue weighted by Gasteiger charge is 2.13. The molecule has 3 aromatic heterocycles. The molecular weight excluding hydrogens is 352 g/mol. The van der Waals surface area contributed by atoms with Crippen molar-refractivity contribution in [2.24, 2.45) is 0 Å². The number of hydrogen-bond acceptors (Lipinski definition) is 8. The smallest absolute Gasteiger partial charge is 0.208 e. The number of nitrogens with one attached hydrogen (secondary N) is 1. The molecule has 1 unspecified atom stereocenters. The van der Waals surface area contributed by atoms with Crippen molar-refractivity contribution in [1.82, 2.24) is 19.4 Å². The average molecular weight is 367 g/mol. The maximum Gasteiger partial charge on any atom is 0.208 e. The Morgan fingerprint density at radius 2 is 2.12 bits per heavy atom. The fourth-order valence-electron chi connectivity index (χ4n) is 2.01. The van der Waals surface area contributed by atoms with Gasteiger partial charge in [-0.05, 0) is 6.07 Å². The zero-order valence-electron chi connectivity index (χ0n) is 12.4. The zero-order chi connectivity index (χ0) is 17.1. The minimum atomic E-state index is -0.863. The molecule has 0 radical (unpaired) electrons. The second-order valence-electron chi connectivity index (χ2n) is 4.89. The fourth-order valence-corrected chi connectivity index (χ4v) is 3.15. The summed E-state index contributed by atoms with van der Waals surface area (Å²) in [6.07, 6.45) is 5.79. The molecule has 0 aliphatic heterocycles. The second-order valence-corrected chi connectivity index (χ2v) is 6.36. The molecule has 0 saturated heterocycles. The first kappa shape index (κ1) is 16.8. The van der Waals surface area contributed by atoms with Crippen molar-refractivity contribution in [3.8, 4) is 0 Å². The van der Waals surface area contributed by atoms with Gasteiger partial charge in [0.2, 0.25) is 5.95 Å². The first-order valence-electron chi connectivity index (χ1n) is 7.03. The van der Waals surface area contributed by atoms with E-state index in [0.29, 0.717) is 16.6 Å². The minimum absolute atomic E-state index is 0.177. The molecule has 0 aromatic carbocycles. The summed E-state index contributed by atoms with van der Waals surface area (Å²) in [6.45, 7) is -0.147. The predicted molar refractivity (Wildman–Crippen MR) is 92.4 cm³/mol. The highest BCUT2D eigenvalue weighted by molar-refractivity contribution is 7.99. The number of pyridine rings is 1. The number of aromatic nitrogens is 4. The maximum absolute atomic E-state index is 9.45. The van der Waals surface area contributed by atoms with Crippen molar-refractivity contribution in [3.63, 3.8) is 0 Å².